The van der Waals surface area contributed by atoms with E-state index in [-0.39, 0.29) is 5.91 Å². The molecule has 0 atom stereocenters. The van der Waals surface area contributed by atoms with Crippen molar-refractivity contribution < 1.29 is 4.79 Å². The minimum atomic E-state index is -0.185. The van der Waals surface area contributed by atoms with Crippen LogP contribution in [0.5, 0.6) is 0 Å². The Bertz CT molecular complexity index is 1180. The highest BCUT2D eigenvalue weighted by Crippen LogP contribution is 2.36. The zero-order valence-electron chi connectivity index (χ0n) is 18.5. The number of nitriles is 1. The van der Waals surface area contributed by atoms with E-state index in [9.17, 15) is 10.1 Å². The average molecular weight is 410 g/mol. The molecule has 1 amide bonds. The van der Waals surface area contributed by atoms with Crippen molar-refractivity contribution in [3.05, 3.63) is 101 Å². The third-order valence-corrected chi connectivity index (χ3v) is 5.43. The van der Waals surface area contributed by atoms with Crippen LogP contribution in [0.4, 0.5) is 0 Å². The molecule has 2 aromatic rings. The smallest absolute Gasteiger partial charge is 0.251 e. The summed E-state index contributed by atoms with van der Waals surface area (Å²) in [4.78, 5) is 13.7. The van der Waals surface area contributed by atoms with Gasteiger partial charge in [0.1, 0.15) is 11.8 Å². The minimum Gasteiger partial charge on any atom is -0.355 e. The van der Waals surface area contributed by atoms with Crippen LogP contribution < -0.4 is 5.32 Å². The Morgan fingerprint density at radius 3 is 2.52 bits per heavy atom. The highest BCUT2D eigenvalue weighted by atomic mass is 16.1. The number of amides is 1. The predicted molar refractivity (Wildman–Crippen MR) is 126 cm³/mol. The molecule has 0 spiro atoms. The summed E-state index contributed by atoms with van der Waals surface area (Å²) in [6.45, 7) is 10.3. The summed E-state index contributed by atoms with van der Waals surface area (Å²) in [5.74, 6) is -0.185. The van der Waals surface area contributed by atoms with E-state index in [2.05, 4.69) is 62.1 Å². The molecule has 0 fully saturated rings. The SMILES string of the molecule is C=C1C=C(C(=O)NC)C=CN1/C(C#N)=C(\CC)c1ccccc1-c1ccc(C)cc1C. The Kier molecular flexibility index (Phi) is 6.57. The van der Waals surface area contributed by atoms with Crippen LogP contribution in [-0.4, -0.2) is 17.9 Å². The molecule has 2 aromatic carbocycles. The van der Waals surface area contributed by atoms with Crippen LogP contribution in [0, 0.1) is 25.2 Å². The van der Waals surface area contributed by atoms with Gasteiger partial charge in [-0.15, -0.1) is 0 Å². The molecule has 31 heavy (non-hydrogen) atoms. The van der Waals surface area contributed by atoms with Crippen LogP contribution in [0.2, 0.25) is 0 Å². The number of rotatable bonds is 5. The third-order valence-electron chi connectivity index (χ3n) is 5.43. The average Bonchev–Trinajstić information content (AvgIpc) is 2.77. The zero-order valence-corrected chi connectivity index (χ0v) is 18.5. The Labute approximate surface area is 184 Å². The van der Waals surface area contributed by atoms with E-state index in [0.717, 1.165) is 22.3 Å². The maximum Gasteiger partial charge on any atom is 0.251 e. The van der Waals surface area contributed by atoms with Crippen molar-refractivity contribution in [2.75, 3.05) is 7.05 Å². The van der Waals surface area contributed by atoms with Crippen molar-refractivity contribution >= 4 is 11.5 Å². The number of hydrogen-bond donors (Lipinski definition) is 1. The maximum atomic E-state index is 12.0. The first kappa shape index (κ1) is 21.9. The van der Waals surface area contributed by atoms with Crippen LogP contribution in [-0.2, 0) is 4.79 Å². The lowest BCUT2D eigenvalue weighted by atomic mass is 9.89. The fourth-order valence-electron chi connectivity index (χ4n) is 3.90. The molecule has 4 heteroatoms. The van der Waals surface area contributed by atoms with Gasteiger partial charge in [-0.3, -0.25) is 4.79 Å². The monoisotopic (exact) mass is 409 g/mol. The second-order valence-corrected chi connectivity index (χ2v) is 7.51. The standard InChI is InChI=1S/C27H27N3O/c1-6-22(26(17-28)30-14-13-21(16-20(30)4)27(31)29-5)24-9-7-8-10-25(24)23-12-11-18(2)15-19(23)3/h7-16H,4,6H2,1-3,5H3,(H,29,31)/b26-22+. The lowest BCUT2D eigenvalue weighted by molar-refractivity contribution is -0.116. The molecule has 1 N–H and O–H groups in total. The molecule has 4 nitrogen and oxygen atoms in total. The van der Waals surface area contributed by atoms with Gasteiger partial charge in [0.25, 0.3) is 5.91 Å². The van der Waals surface area contributed by atoms with Gasteiger partial charge in [-0.05, 0) is 60.2 Å². The molecular weight excluding hydrogens is 382 g/mol. The van der Waals surface area contributed by atoms with Gasteiger partial charge in [-0.1, -0.05) is 61.5 Å². The van der Waals surface area contributed by atoms with Crippen molar-refractivity contribution in [3.63, 3.8) is 0 Å². The molecule has 0 aliphatic carbocycles. The fourth-order valence-corrected chi connectivity index (χ4v) is 3.90. The lowest BCUT2D eigenvalue weighted by Gasteiger charge is -2.26. The van der Waals surface area contributed by atoms with Crippen LogP contribution >= 0.6 is 0 Å². The first-order valence-electron chi connectivity index (χ1n) is 10.3. The molecule has 0 saturated carbocycles. The van der Waals surface area contributed by atoms with Gasteiger partial charge in [-0.25, -0.2) is 0 Å². The van der Waals surface area contributed by atoms with Gasteiger partial charge in [-0.2, -0.15) is 5.26 Å². The number of hydrogen-bond acceptors (Lipinski definition) is 3. The normalized spacial score (nSPS) is 14.0. The maximum absolute atomic E-state index is 12.0. The molecule has 0 saturated heterocycles. The van der Waals surface area contributed by atoms with E-state index < -0.39 is 0 Å². The topological polar surface area (TPSA) is 56.1 Å². The number of benzene rings is 2. The largest absolute Gasteiger partial charge is 0.355 e. The van der Waals surface area contributed by atoms with Gasteiger partial charge in [0.05, 0.1) is 0 Å². The van der Waals surface area contributed by atoms with Crippen LogP contribution in [0.15, 0.2) is 84.4 Å². The Morgan fingerprint density at radius 2 is 1.90 bits per heavy atom. The highest BCUT2D eigenvalue weighted by molar-refractivity contribution is 5.97. The molecule has 1 aliphatic heterocycles. The van der Waals surface area contributed by atoms with Crippen molar-refractivity contribution in [3.8, 4) is 17.2 Å². The first-order valence-corrected chi connectivity index (χ1v) is 10.3. The first-order chi connectivity index (χ1) is 14.9. The summed E-state index contributed by atoms with van der Waals surface area (Å²) < 4.78 is 0. The summed E-state index contributed by atoms with van der Waals surface area (Å²) in [5, 5.41) is 12.7. The number of allylic oxidation sites excluding steroid dienone is 3. The number of aryl methyl sites for hydroxylation is 2. The van der Waals surface area contributed by atoms with Gasteiger partial charge in [0.2, 0.25) is 0 Å². The van der Waals surface area contributed by atoms with E-state index in [0.29, 0.717) is 23.4 Å². The highest BCUT2D eigenvalue weighted by Gasteiger charge is 2.21. The Morgan fingerprint density at radius 1 is 1.16 bits per heavy atom. The molecule has 0 bridgehead atoms. The van der Waals surface area contributed by atoms with Gasteiger partial charge in [0.15, 0.2) is 0 Å². The van der Waals surface area contributed by atoms with Crippen LogP contribution in [0.3, 0.4) is 0 Å². The molecule has 156 valence electrons. The molecular formula is C27H27N3O. The number of carbonyl (C=O) groups excluding carboxylic acids is 1. The molecule has 1 aliphatic rings. The fraction of sp³-hybridized carbons (Fsp3) is 0.185. The summed E-state index contributed by atoms with van der Waals surface area (Å²) in [7, 11) is 1.59. The molecule has 0 unspecified atom stereocenters. The lowest BCUT2D eigenvalue weighted by Crippen LogP contribution is -2.24. The van der Waals surface area contributed by atoms with E-state index in [1.807, 2.05) is 19.1 Å². The molecule has 3 rings (SSSR count). The summed E-state index contributed by atoms with van der Waals surface area (Å²) in [6.07, 6.45) is 5.81. The summed E-state index contributed by atoms with van der Waals surface area (Å²) in [6, 6.07) is 17.0. The Balaban J connectivity index is 2.14. The predicted octanol–water partition coefficient (Wildman–Crippen LogP) is 5.63. The van der Waals surface area contributed by atoms with E-state index in [4.69, 9.17) is 0 Å². The van der Waals surface area contributed by atoms with E-state index >= 15 is 0 Å². The number of nitrogens with zero attached hydrogens (tertiary/aromatic N) is 2. The quantitative estimate of drug-likeness (QED) is 0.651. The number of carbonyl (C=O) groups is 1. The Hall–Kier alpha value is -3.84. The van der Waals surface area contributed by atoms with Crippen molar-refractivity contribution in [1.82, 2.24) is 10.2 Å². The summed E-state index contributed by atoms with van der Waals surface area (Å²) >= 11 is 0. The van der Waals surface area contributed by atoms with E-state index in [1.54, 1.807) is 30.3 Å². The van der Waals surface area contributed by atoms with Crippen molar-refractivity contribution in [1.29, 1.82) is 5.26 Å². The van der Waals surface area contributed by atoms with Crippen LogP contribution in [0.25, 0.3) is 16.7 Å². The number of likely N-dealkylation sites (N-methyl/N-ethyl adjacent to an activating group) is 1. The second kappa shape index (κ2) is 9.32. The van der Waals surface area contributed by atoms with Crippen molar-refractivity contribution in [2.24, 2.45) is 0 Å². The number of nitrogens with one attached hydrogen (secondary N) is 1. The minimum absolute atomic E-state index is 0.185. The molecule has 0 aromatic heterocycles. The van der Waals surface area contributed by atoms with Gasteiger partial charge < -0.3 is 10.2 Å². The van der Waals surface area contributed by atoms with Gasteiger partial charge >= 0.3 is 0 Å². The second-order valence-electron chi connectivity index (χ2n) is 7.51. The molecule has 0 radical (unpaired) electrons. The van der Waals surface area contributed by atoms with E-state index in [1.165, 1.54) is 11.1 Å². The van der Waals surface area contributed by atoms with Gasteiger partial charge in [0, 0.05) is 24.5 Å². The van der Waals surface area contributed by atoms with Crippen molar-refractivity contribution in [2.45, 2.75) is 27.2 Å². The molecule has 1 heterocycles. The third kappa shape index (κ3) is 4.36. The summed E-state index contributed by atoms with van der Waals surface area (Å²) in [5.41, 5.74) is 8.21. The van der Waals surface area contributed by atoms with Crippen LogP contribution in [0.1, 0.15) is 30.0 Å². The zero-order chi connectivity index (χ0) is 22.5.